The van der Waals surface area contributed by atoms with E-state index in [0.29, 0.717) is 29.5 Å². The molecule has 6 heteroatoms. The summed E-state index contributed by atoms with van der Waals surface area (Å²) >= 11 is 6.10. The monoisotopic (exact) mass is 285 g/mol. The summed E-state index contributed by atoms with van der Waals surface area (Å²) in [5.41, 5.74) is 0. The van der Waals surface area contributed by atoms with E-state index in [0.717, 1.165) is 0 Å². The molecule has 1 aliphatic heterocycles. The number of ether oxygens (including phenoxy) is 3. The summed E-state index contributed by atoms with van der Waals surface area (Å²) in [5.74, 6) is 0.987. The van der Waals surface area contributed by atoms with Crippen molar-refractivity contribution in [3.63, 3.8) is 0 Å². The summed E-state index contributed by atoms with van der Waals surface area (Å²) in [6.07, 6.45) is 0.463. The molecular weight excluding hydrogens is 270 g/mol. The Hall–Kier alpha value is -1.46. The fourth-order valence-corrected chi connectivity index (χ4v) is 2.21. The zero-order valence-electron chi connectivity index (χ0n) is 10.8. The first-order valence-corrected chi connectivity index (χ1v) is 6.33. The number of nitrogens with one attached hydrogen (secondary N) is 1. The number of hydrogen-bond donors (Lipinski definition) is 1. The van der Waals surface area contributed by atoms with Crippen LogP contribution in [0.4, 0.5) is 0 Å². The lowest BCUT2D eigenvalue weighted by atomic mass is 10.2. The molecule has 1 fully saturated rings. The van der Waals surface area contributed by atoms with Gasteiger partial charge in [-0.25, -0.2) is 0 Å². The predicted octanol–water partition coefficient (Wildman–Crippen LogP) is 1.63. The summed E-state index contributed by atoms with van der Waals surface area (Å²) in [5, 5.41) is 3.54. The van der Waals surface area contributed by atoms with Gasteiger partial charge in [-0.1, -0.05) is 11.6 Å². The fourth-order valence-electron chi connectivity index (χ4n) is 2.00. The van der Waals surface area contributed by atoms with Crippen molar-refractivity contribution < 1.29 is 19.0 Å². The fraction of sp³-hybridized carbons (Fsp3) is 0.462. The van der Waals surface area contributed by atoms with Gasteiger partial charge in [-0.05, 0) is 12.1 Å². The third kappa shape index (κ3) is 3.30. The van der Waals surface area contributed by atoms with Gasteiger partial charge < -0.3 is 19.5 Å². The normalized spacial score (nSPS) is 22.1. The van der Waals surface area contributed by atoms with Crippen LogP contribution >= 0.6 is 11.6 Å². The molecular formula is C13H16ClNO4. The molecule has 0 radical (unpaired) electrons. The first kappa shape index (κ1) is 14.0. The SMILES string of the molecule is COC(=O)[C@@H]1C[C@H](Oc2ccc(OC)cc2Cl)CN1. The molecule has 19 heavy (non-hydrogen) atoms. The predicted molar refractivity (Wildman–Crippen MR) is 70.8 cm³/mol. The van der Waals surface area contributed by atoms with E-state index in [1.54, 1.807) is 25.3 Å². The highest BCUT2D eigenvalue weighted by atomic mass is 35.5. The first-order valence-electron chi connectivity index (χ1n) is 5.95. The minimum Gasteiger partial charge on any atom is -0.497 e. The van der Waals surface area contributed by atoms with Crippen LogP contribution in [-0.4, -0.2) is 38.9 Å². The van der Waals surface area contributed by atoms with E-state index in [1.807, 2.05) is 0 Å². The van der Waals surface area contributed by atoms with Crippen molar-refractivity contribution in [1.29, 1.82) is 0 Å². The summed E-state index contributed by atoms with van der Waals surface area (Å²) in [6.45, 7) is 0.585. The van der Waals surface area contributed by atoms with E-state index < -0.39 is 0 Å². The summed E-state index contributed by atoms with van der Waals surface area (Å²) in [4.78, 5) is 11.4. The number of benzene rings is 1. The van der Waals surface area contributed by atoms with Crippen molar-refractivity contribution in [1.82, 2.24) is 5.32 Å². The number of carbonyl (C=O) groups is 1. The lowest BCUT2D eigenvalue weighted by Gasteiger charge is -2.14. The van der Waals surface area contributed by atoms with Gasteiger partial charge >= 0.3 is 5.97 Å². The molecule has 2 rings (SSSR count). The molecule has 0 saturated carbocycles. The van der Waals surface area contributed by atoms with E-state index in [2.05, 4.69) is 10.1 Å². The standard InChI is InChI=1S/C13H16ClNO4/c1-17-8-3-4-12(10(14)5-8)19-9-6-11(15-7-9)13(16)18-2/h3-5,9,11,15H,6-7H2,1-2H3/t9-,11-/m0/s1. The second-order valence-electron chi connectivity index (χ2n) is 4.26. The molecule has 1 aliphatic rings. The number of halogens is 1. The van der Waals surface area contributed by atoms with E-state index in [4.69, 9.17) is 21.1 Å². The van der Waals surface area contributed by atoms with Gasteiger partial charge in [-0.2, -0.15) is 0 Å². The Morgan fingerprint density at radius 2 is 2.21 bits per heavy atom. The summed E-state index contributed by atoms with van der Waals surface area (Å²) < 4.78 is 15.5. The van der Waals surface area contributed by atoms with Crippen molar-refractivity contribution in [2.45, 2.75) is 18.6 Å². The average molecular weight is 286 g/mol. The van der Waals surface area contributed by atoms with Gasteiger partial charge in [0.25, 0.3) is 0 Å². The molecule has 1 N–H and O–H groups in total. The van der Waals surface area contributed by atoms with Crippen LogP contribution in [0.15, 0.2) is 18.2 Å². The Morgan fingerprint density at radius 3 is 2.84 bits per heavy atom. The minimum absolute atomic E-state index is 0.102. The maximum absolute atomic E-state index is 11.4. The molecule has 1 aromatic rings. The smallest absolute Gasteiger partial charge is 0.323 e. The van der Waals surface area contributed by atoms with Gasteiger partial charge in [0.2, 0.25) is 0 Å². The molecule has 0 aliphatic carbocycles. The topological polar surface area (TPSA) is 56.8 Å². The maximum atomic E-state index is 11.4. The van der Waals surface area contributed by atoms with Crippen LogP contribution in [0.2, 0.25) is 5.02 Å². The Balaban J connectivity index is 1.97. The van der Waals surface area contributed by atoms with Crippen LogP contribution in [0.1, 0.15) is 6.42 Å². The Labute approximate surface area is 116 Å². The highest BCUT2D eigenvalue weighted by molar-refractivity contribution is 6.32. The van der Waals surface area contributed by atoms with Gasteiger partial charge in [-0.15, -0.1) is 0 Å². The van der Waals surface area contributed by atoms with Crippen molar-refractivity contribution in [2.75, 3.05) is 20.8 Å². The third-order valence-electron chi connectivity index (χ3n) is 3.01. The van der Waals surface area contributed by atoms with Crippen LogP contribution < -0.4 is 14.8 Å². The van der Waals surface area contributed by atoms with Crippen molar-refractivity contribution in [2.24, 2.45) is 0 Å². The zero-order chi connectivity index (χ0) is 13.8. The highest BCUT2D eigenvalue weighted by Gasteiger charge is 2.31. The lowest BCUT2D eigenvalue weighted by Crippen LogP contribution is -2.31. The quantitative estimate of drug-likeness (QED) is 0.852. The maximum Gasteiger partial charge on any atom is 0.323 e. The molecule has 1 heterocycles. The number of hydrogen-bond acceptors (Lipinski definition) is 5. The largest absolute Gasteiger partial charge is 0.497 e. The first-order chi connectivity index (χ1) is 9.13. The van der Waals surface area contributed by atoms with Gasteiger partial charge in [0.1, 0.15) is 23.6 Å². The van der Waals surface area contributed by atoms with Crippen LogP contribution in [0.3, 0.4) is 0 Å². The number of esters is 1. The number of carbonyl (C=O) groups excluding carboxylic acids is 1. The van der Waals surface area contributed by atoms with Crippen molar-refractivity contribution in [3.05, 3.63) is 23.2 Å². The summed E-state index contributed by atoms with van der Waals surface area (Å²) in [7, 11) is 2.95. The van der Waals surface area contributed by atoms with Crippen molar-refractivity contribution in [3.8, 4) is 11.5 Å². The number of rotatable bonds is 4. The van der Waals surface area contributed by atoms with Crippen LogP contribution in [-0.2, 0) is 9.53 Å². The molecule has 0 spiro atoms. The second-order valence-corrected chi connectivity index (χ2v) is 4.66. The molecule has 1 saturated heterocycles. The lowest BCUT2D eigenvalue weighted by molar-refractivity contribution is -0.142. The van der Waals surface area contributed by atoms with Gasteiger partial charge in [-0.3, -0.25) is 4.79 Å². The van der Waals surface area contributed by atoms with Crippen LogP contribution in [0.25, 0.3) is 0 Å². The molecule has 104 valence electrons. The molecule has 2 atom stereocenters. The van der Waals surface area contributed by atoms with E-state index in [-0.39, 0.29) is 18.1 Å². The molecule has 0 aromatic heterocycles. The minimum atomic E-state index is -0.313. The molecule has 1 aromatic carbocycles. The van der Waals surface area contributed by atoms with Gasteiger partial charge in [0.15, 0.2) is 0 Å². The summed E-state index contributed by atoms with van der Waals surface area (Å²) in [6, 6.07) is 4.91. The zero-order valence-corrected chi connectivity index (χ0v) is 11.6. The highest BCUT2D eigenvalue weighted by Crippen LogP contribution is 2.30. The molecule has 0 amide bonds. The Kier molecular flexibility index (Phi) is 4.50. The Bertz CT molecular complexity index is 466. The van der Waals surface area contributed by atoms with E-state index in [9.17, 15) is 4.79 Å². The number of methoxy groups -OCH3 is 2. The second kappa shape index (κ2) is 6.12. The van der Waals surface area contributed by atoms with E-state index in [1.165, 1.54) is 7.11 Å². The van der Waals surface area contributed by atoms with Gasteiger partial charge in [0, 0.05) is 19.0 Å². The molecule has 5 nitrogen and oxygen atoms in total. The van der Waals surface area contributed by atoms with Crippen molar-refractivity contribution >= 4 is 17.6 Å². The molecule has 0 unspecified atom stereocenters. The molecule has 0 bridgehead atoms. The third-order valence-corrected chi connectivity index (χ3v) is 3.30. The van der Waals surface area contributed by atoms with E-state index >= 15 is 0 Å². The van der Waals surface area contributed by atoms with Crippen LogP contribution in [0, 0.1) is 0 Å². The van der Waals surface area contributed by atoms with Gasteiger partial charge in [0.05, 0.1) is 19.2 Å². The van der Waals surface area contributed by atoms with Crippen LogP contribution in [0.5, 0.6) is 11.5 Å². The Morgan fingerprint density at radius 1 is 1.42 bits per heavy atom. The average Bonchev–Trinajstić information content (AvgIpc) is 2.88.